The summed E-state index contributed by atoms with van der Waals surface area (Å²) in [5.74, 6) is 1.02. The van der Waals surface area contributed by atoms with Crippen LogP contribution in [0.4, 0.5) is 0 Å². The number of rotatable bonds is 2. The van der Waals surface area contributed by atoms with Crippen LogP contribution >= 0.6 is 0 Å². The van der Waals surface area contributed by atoms with Crippen LogP contribution in [0.5, 0.6) is 5.88 Å². The molecular formula is C18H21N5O3. The molecule has 4 rings (SSSR count). The fraction of sp³-hybridized carbons (Fsp3) is 0.500. The minimum absolute atomic E-state index is 0.120. The summed E-state index contributed by atoms with van der Waals surface area (Å²) in [5, 5.41) is 0. The lowest BCUT2D eigenvalue weighted by Gasteiger charge is -2.43. The van der Waals surface area contributed by atoms with Gasteiger partial charge in [0.05, 0.1) is 31.8 Å². The number of fused-ring (bicyclic) bond motifs is 2. The zero-order chi connectivity index (χ0) is 18.1. The van der Waals surface area contributed by atoms with Gasteiger partial charge in [0.15, 0.2) is 0 Å². The van der Waals surface area contributed by atoms with Gasteiger partial charge in [0.2, 0.25) is 5.88 Å². The summed E-state index contributed by atoms with van der Waals surface area (Å²) in [4.78, 5) is 31.7. The Hall–Kier alpha value is -2.61. The number of hydrogen-bond donors (Lipinski definition) is 0. The summed E-state index contributed by atoms with van der Waals surface area (Å²) in [6.45, 7) is 3.74. The molecule has 8 heteroatoms. The summed E-state index contributed by atoms with van der Waals surface area (Å²) in [5.41, 5.74) is 2.06. The fourth-order valence-corrected chi connectivity index (χ4v) is 3.64. The monoisotopic (exact) mass is 355 g/mol. The maximum Gasteiger partial charge on any atom is 0.274 e. The standard InChI is InChI=1S/C18H21N5O3/c1-12-19-9-13-3-8-26-18(16(13)22-12)4-6-23(7-5-18)17(24)14-10-21-15(25-2)11-20-14/h9-11H,3-8H2,1-2H3. The Morgan fingerprint density at radius 1 is 1.19 bits per heavy atom. The number of likely N-dealkylation sites (tertiary alicyclic amines) is 1. The lowest BCUT2D eigenvalue weighted by molar-refractivity contribution is -0.0969. The second-order valence-corrected chi connectivity index (χ2v) is 6.62. The predicted molar refractivity (Wildman–Crippen MR) is 91.8 cm³/mol. The average Bonchev–Trinajstić information content (AvgIpc) is 2.69. The van der Waals surface area contributed by atoms with E-state index in [2.05, 4.69) is 19.9 Å². The highest BCUT2D eigenvalue weighted by molar-refractivity contribution is 5.92. The molecule has 2 aromatic rings. The molecule has 0 aromatic carbocycles. The van der Waals surface area contributed by atoms with Crippen LogP contribution in [0.2, 0.25) is 0 Å². The largest absolute Gasteiger partial charge is 0.480 e. The molecule has 4 heterocycles. The lowest BCUT2D eigenvalue weighted by atomic mass is 9.83. The number of methoxy groups -OCH3 is 1. The van der Waals surface area contributed by atoms with E-state index in [0.29, 0.717) is 44.1 Å². The van der Waals surface area contributed by atoms with E-state index < -0.39 is 5.60 Å². The molecule has 2 aliphatic heterocycles. The van der Waals surface area contributed by atoms with Crippen LogP contribution in [0, 0.1) is 6.92 Å². The van der Waals surface area contributed by atoms with Crippen molar-refractivity contribution in [3.63, 3.8) is 0 Å². The first-order chi connectivity index (χ1) is 12.6. The van der Waals surface area contributed by atoms with E-state index in [-0.39, 0.29) is 5.91 Å². The smallest absolute Gasteiger partial charge is 0.274 e. The van der Waals surface area contributed by atoms with Gasteiger partial charge in [-0.3, -0.25) is 4.79 Å². The van der Waals surface area contributed by atoms with Crippen molar-refractivity contribution in [3.05, 3.63) is 41.4 Å². The van der Waals surface area contributed by atoms with Gasteiger partial charge in [-0.1, -0.05) is 0 Å². The number of ether oxygens (including phenoxy) is 2. The predicted octanol–water partition coefficient (Wildman–Crippen LogP) is 1.29. The first kappa shape index (κ1) is 16.8. The van der Waals surface area contributed by atoms with E-state index in [1.165, 1.54) is 19.5 Å². The molecule has 2 aliphatic rings. The Labute approximate surface area is 151 Å². The number of aromatic nitrogens is 4. The maximum absolute atomic E-state index is 12.7. The van der Waals surface area contributed by atoms with E-state index in [1.54, 1.807) is 4.90 Å². The first-order valence-electron chi connectivity index (χ1n) is 8.73. The Balaban J connectivity index is 1.51. The van der Waals surface area contributed by atoms with Crippen LogP contribution in [0.25, 0.3) is 0 Å². The minimum Gasteiger partial charge on any atom is -0.480 e. The van der Waals surface area contributed by atoms with E-state index in [9.17, 15) is 4.79 Å². The number of aryl methyl sites for hydroxylation is 1. The normalized spacial score (nSPS) is 18.5. The van der Waals surface area contributed by atoms with E-state index in [1.807, 2.05) is 13.1 Å². The second-order valence-electron chi connectivity index (χ2n) is 6.62. The molecule has 1 spiro atoms. The Morgan fingerprint density at radius 3 is 2.69 bits per heavy atom. The summed E-state index contributed by atoms with van der Waals surface area (Å²) in [6, 6.07) is 0. The van der Waals surface area contributed by atoms with Crippen molar-refractivity contribution in [2.24, 2.45) is 0 Å². The number of nitrogens with zero attached hydrogens (tertiary/aromatic N) is 5. The Morgan fingerprint density at radius 2 is 2.00 bits per heavy atom. The molecule has 0 saturated carbocycles. The van der Waals surface area contributed by atoms with Crippen molar-refractivity contribution in [2.45, 2.75) is 31.8 Å². The van der Waals surface area contributed by atoms with Crippen molar-refractivity contribution < 1.29 is 14.3 Å². The highest BCUT2D eigenvalue weighted by Crippen LogP contribution is 2.40. The number of carbonyl (C=O) groups excluding carboxylic acids is 1. The van der Waals surface area contributed by atoms with Crippen LogP contribution in [0.1, 0.15) is 40.4 Å². The Bertz CT molecular complexity index is 816. The highest BCUT2D eigenvalue weighted by atomic mass is 16.5. The van der Waals surface area contributed by atoms with Crippen LogP contribution in [0.15, 0.2) is 18.6 Å². The summed E-state index contributed by atoms with van der Waals surface area (Å²) >= 11 is 0. The SMILES string of the molecule is COc1cnc(C(=O)N2CCC3(CC2)OCCc2cnc(C)nc23)cn1. The number of carbonyl (C=O) groups is 1. The molecule has 136 valence electrons. The molecule has 1 saturated heterocycles. The summed E-state index contributed by atoms with van der Waals surface area (Å²) in [7, 11) is 1.52. The van der Waals surface area contributed by atoms with Crippen molar-refractivity contribution in [2.75, 3.05) is 26.8 Å². The van der Waals surface area contributed by atoms with Gasteiger partial charge >= 0.3 is 0 Å². The molecule has 26 heavy (non-hydrogen) atoms. The molecule has 0 aliphatic carbocycles. The van der Waals surface area contributed by atoms with Gasteiger partial charge < -0.3 is 14.4 Å². The van der Waals surface area contributed by atoms with Crippen LogP contribution in [0.3, 0.4) is 0 Å². The summed E-state index contributed by atoms with van der Waals surface area (Å²) < 4.78 is 11.2. The minimum atomic E-state index is -0.413. The van der Waals surface area contributed by atoms with Crippen molar-refractivity contribution in [1.29, 1.82) is 0 Å². The fourth-order valence-electron chi connectivity index (χ4n) is 3.64. The van der Waals surface area contributed by atoms with E-state index >= 15 is 0 Å². The second kappa shape index (κ2) is 6.60. The zero-order valence-corrected chi connectivity index (χ0v) is 14.9. The van der Waals surface area contributed by atoms with Gasteiger partial charge in [-0.2, -0.15) is 0 Å². The van der Waals surface area contributed by atoms with Crippen LogP contribution in [-0.2, 0) is 16.8 Å². The third-order valence-corrected chi connectivity index (χ3v) is 5.08. The maximum atomic E-state index is 12.7. The number of hydrogen-bond acceptors (Lipinski definition) is 7. The molecule has 8 nitrogen and oxygen atoms in total. The van der Waals surface area contributed by atoms with E-state index in [4.69, 9.17) is 9.47 Å². The third-order valence-electron chi connectivity index (χ3n) is 5.08. The first-order valence-corrected chi connectivity index (χ1v) is 8.73. The molecule has 0 atom stereocenters. The van der Waals surface area contributed by atoms with Crippen molar-refractivity contribution in [1.82, 2.24) is 24.8 Å². The molecule has 0 bridgehead atoms. The molecule has 1 fully saturated rings. The molecule has 1 amide bonds. The molecule has 0 unspecified atom stereocenters. The highest BCUT2D eigenvalue weighted by Gasteiger charge is 2.43. The van der Waals surface area contributed by atoms with Gasteiger partial charge in [-0.15, -0.1) is 0 Å². The van der Waals surface area contributed by atoms with E-state index in [0.717, 1.165) is 23.5 Å². The molecule has 2 aromatic heterocycles. The van der Waals surface area contributed by atoms with Crippen LogP contribution in [-0.4, -0.2) is 57.5 Å². The van der Waals surface area contributed by atoms with Crippen LogP contribution < -0.4 is 4.74 Å². The lowest BCUT2D eigenvalue weighted by Crippen LogP contribution is -2.49. The zero-order valence-electron chi connectivity index (χ0n) is 14.9. The van der Waals surface area contributed by atoms with Crippen molar-refractivity contribution >= 4 is 5.91 Å². The number of piperidine rings is 1. The van der Waals surface area contributed by atoms with Gasteiger partial charge in [-0.05, 0) is 31.7 Å². The van der Waals surface area contributed by atoms with Gasteiger partial charge in [-0.25, -0.2) is 19.9 Å². The van der Waals surface area contributed by atoms with Crippen molar-refractivity contribution in [3.8, 4) is 5.88 Å². The molecule has 0 N–H and O–H groups in total. The average molecular weight is 355 g/mol. The molecular weight excluding hydrogens is 334 g/mol. The van der Waals surface area contributed by atoms with Gasteiger partial charge in [0.25, 0.3) is 5.91 Å². The number of amides is 1. The van der Waals surface area contributed by atoms with Gasteiger partial charge in [0, 0.05) is 19.3 Å². The Kier molecular flexibility index (Phi) is 4.28. The van der Waals surface area contributed by atoms with Gasteiger partial charge in [0.1, 0.15) is 17.1 Å². The summed E-state index contributed by atoms with van der Waals surface area (Å²) in [6.07, 6.45) is 7.08. The topological polar surface area (TPSA) is 90.3 Å². The molecule has 0 radical (unpaired) electrons. The third kappa shape index (κ3) is 2.90. The quantitative estimate of drug-likeness (QED) is 0.802.